The number of nitrogen functional groups attached to an aromatic ring is 1. The highest BCUT2D eigenvalue weighted by atomic mass is 19.4. The molecule has 0 unspecified atom stereocenters. The Balaban J connectivity index is 2.04. The van der Waals surface area contributed by atoms with Gasteiger partial charge in [0.25, 0.3) is 5.91 Å². The van der Waals surface area contributed by atoms with Crippen LogP contribution in [0.5, 0.6) is 0 Å². The van der Waals surface area contributed by atoms with Crippen LogP contribution in [0.15, 0.2) is 42.5 Å². The topological polar surface area (TPSA) is 105 Å². The van der Waals surface area contributed by atoms with Crippen LogP contribution >= 0.6 is 0 Å². The number of nitrogens with one attached hydrogen (secondary N) is 1. The SMILES string of the molecule is C[C@@H](OC(=O)c1ccc(C(F)(F)F)cc1N)C(=O)Nc1ccc(C#N)cc1. The molecule has 2 rings (SSSR count). The van der Waals surface area contributed by atoms with E-state index in [1.807, 2.05) is 6.07 Å². The van der Waals surface area contributed by atoms with Crippen LogP contribution < -0.4 is 11.1 Å². The van der Waals surface area contributed by atoms with Gasteiger partial charge in [-0.3, -0.25) is 4.79 Å². The van der Waals surface area contributed by atoms with E-state index >= 15 is 0 Å². The van der Waals surface area contributed by atoms with E-state index in [1.165, 1.54) is 31.2 Å². The maximum absolute atomic E-state index is 12.6. The molecule has 0 spiro atoms. The number of amides is 1. The molecule has 0 aliphatic heterocycles. The molecule has 0 aliphatic carbocycles. The summed E-state index contributed by atoms with van der Waals surface area (Å²) < 4.78 is 42.8. The maximum Gasteiger partial charge on any atom is 0.416 e. The van der Waals surface area contributed by atoms with E-state index in [0.717, 1.165) is 6.07 Å². The van der Waals surface area contributed by atoms with Crippen molar-refractivity contribution in [2.75, 3.05) is 11.1 Å². The van der Waals surface area contributed by atoms with Crippen LogP contribution in [-0.2, 0) is 15.7 Å². The van der Waals surface area contributed by atoms with Gasteiger partial charge in [0.05, 0.1) is 22.8 Å². The van der Waals surface area contributed by atoms with E-state index in [9.17, 15) is 22.8 Å². The number of alkyl halides is 3. The molecule has 0 saturated carbocycles. The summed E-state index contributed by atoms with van der Waals surface area (Å²) in [6.45, 7) is 1.30. The van der Waals surface area contributed by atoms with Crippen molar-refractivity contribution in [3.63, 3.8) is 0 Å². The quantitative estimate of drug-likeness (QED) is 0.628. The number of carbonyl (C=O) groups is 2. The Morgan fingerprint density at radius 2 is 1.81 bits per heavy atom. The lowest BCUT2D eigenvalue weighted by Crippen LogP contribution is -2.30. The van der Waals surface area contributed by atoms with Gasteiger partial charge in [0.15, 0.2) is 6.10 Å². The van der Waals surface area contributed by atoms with Crippen molar-refractivity contribution in [3.05, 3.63) is 59.2 Å². The fourth-order valence-corrected chi connectivity index (χ4v) is 2.07. The molecule has 9 heteroatoms. The number of nitriles is 1. The number of anilines is 2. The number of nitrogens with zero attached hydrogens (tertiary/aromatic N) is 1. The van der Waals surface area contributed by atoms with E-state index in [-0.39, 0.29) is 5.56 Å². The van der Waals surface area contributed by atoms with Crippen LogP contribution in [0, 0.1) is 11.3 Å². The van der Waals surface area contributed by atoms with E-state index in [1.54, 1.807) is 0 Å². The highest BCUT2D eigenvalue weighted by Crippen LogP contribution is 2.31. The zero-order valence-corrected chi connectivity index (χ0v) is 14.0. The van der Waals surface area contributed by atoms with E-state index in [2.05, 4.69) is 5.32 Å². The summed E-state index contributed by atoms with van der Waals surface area (Å²) in [7, 11) is 0. The molecule has 2 aromatic rings. The molecule has 0 bridgehead atoms. The predicted octanol–water partition coefficient (Wildman–Crippen LogP) is 3.34. The minimum atomic E-state index is -4.59. The number of esters is 1. The molecule has 0 aromatic heterocycles. The van der Waals surface area contributed by atoms with Crippen molar-refractivity contribution in [2.24, 2.45) is 0 Å². The average molecular weight is 377 g/mol. The smallest absolute Gasteiger partial charge is 0.416 e. The molecule has 140 valence electrons. The van der Waals surface area contributed by atoms with Crippen molar-refractivity contribution >= 4 is 23.3 Å². The summed E-state index contributed by atoms with van der Waals surface area (Å²) in [5.74, 6) is -1.68. The van der Waals surface area contributed by atoms with Gasteiger partial charge in [0.1, 0.15) is 0 Å². The molecule has 27 heavy (non-hydrogen) atoms. The first-order chi connectivity index (χ1) is 12.6. The lowest BCUT2D eigenvalue weighted by atomic mass is 10.1. The van der Waals surface area contributed by atoms with Crippen molar-refractivity contribution in [1.82, 2.24) is 0 Å². The standard InChI is InChI=1S/C18H14F3N3O3/c1-10(16(25)24-13-5-2-11(9-22)3-6-13)27-17(26)14-7-4-12(8-15(14)23)18(19,20)21/h2-8,10H,23H2,1H3,(H,24,25)/t10-/m1/s1. The van der Waals surface area contributed by atoms with Gasteiger partial charge < -0.3 is 15.8 Å². The van der Waals surface area contributed by atoms with Gasteiger partial charge in [-0.25, -0.2) is 4.79 Å². The van der Waals surface area contributed by atoms with Gasteiger partial charge in [-0.15, -0.1) is 0 Å². The first-order valence-electron chi connectivity index (χ1n) is 7.60. The number of hydrogen-bond donors (Lipinski definition) is 2. The van der Waals surface area contributed by atoms with E-state index in [0.29, 0.717) is 23.4 Å². The average Bonchev–Trinajstić information content (AvgIpc) is 2.61. The largest absolute Gasteiger partial charge is 0.449 e. The number of benzene rings is 2. The van der Waals surface area contributed by atoms with Gasteiger partial charge in [-0.05, 0) is 49.4 Å². The minimum absolute atomic E-state index is 0.277. The fraction of sp³-hybridized carbons (Fsp3) is 0.167. The molecule has 0 saturated heterocycles. The Kier molecular flexibility index (Phi) is 5.70. The highest BCUT2D eigenvalue weighted by molar-refractivity contribution is 5.99. The third-order valence-electron chi connectivity index (χ3n) is 3.53. The number of nitrogens with two attached hydrogens (primary N) is 1. The first-order valence-corrected chi connectivity index (χ1v) is 7.60. The molecule has 1 amide bonds. The Bertz CT molecular complexity index is 903. The second kappa shape index (κ2) is 7.78. The van der Waals surface area contributed by atoms with Crippen LogP contribution in [0.1, 0.15) is 28.4 Å². The maximum atomic E-state index is 12.6. The van der Waals surface area contributed by atoms with Gasteiger partial charge in [0, 0.05) is 11.4 Å². The van der Waals surface area contributed by atoms with Crippen LogP contribution in [0.2, 0.25) is 0 Å². The van der Waals surface area contributed by atoms with Crippen molar-refractivity contribution < 1.29 is 27.5 Å². The second-order valence-electron chi connectivity index (χ2n) is 5.53. The summed E-state index contributed by atoms with van der Waals surface area (Å²) in [5, 5.41) is 11.2. The zero-order chi connectivity index (χ0) is 20.2. The molecule has 1 atom stereocenters. The Morgan fingerprint density at radius 1 is 1.19 bits per heavy atom. The Morgan fingerprint density at radius 3 is 2.33 bits per heavy atom. The molecular formula is C18H14F3N3O3. The highest BCUT2D eigenvalue weighted by Gasteiger charge is 2.31. The summed E-state index contributed by atoms with van der Waals surface area (Å²) in [4.78, 5) is 24.1. The summed E-state index contributed by atoms with van der Waals surface area (Å²) in [5.41, 5.74) is 4.60. The third kappa shape index (κ3) is 4.98. The van der Waals surface area contributed by atoms with Gasteiger partial charge in [-0.1, -0.05) is 0 Å². The summed E-state index contributed by atoms with van der Waals surface area (Å²) in [6, 6.07) is 10.1. The van der Waals surface area contributed by atoms with E-state index < -0.39 is 35.4 Å². The molecule has 6 nitrogen and oxygen atoms in total. The predicted molar refractivity (Wildman–Crippen MR) is 90.5 cm³/mol. The number of rotatable bonds is 4. The molecule has 3 N–H and O–H groups in total. The fourth-order valence-electron chi connectivity index (χ4n) is 2.07. The summed E-state index contributed by atoms with van der Waals surface area (Å²) >= 11 is 0. The van der Waals surface area contributed by atoms with Crippen molar-refractivity contribution in [2.45, 2.75) is 19.2 Å². The van der Waals surface area contributed by atoms with Gasteiger partial charge >= 0.3 is 12.1 Å². The first kappa shape index (κ1) is 19.8. The van der Waals surface area contributed by atoms with Crippen LogP contribution in [0.4, 0.5) is 24.5 Å². The minimum Gasteiger partial charge on any atom is -0.449 e. The molecule has 0 heterocycles. The lowest BCUT2D eigenvalue weighted by Gasteiger charge is -2.15. The Hall–Kier alpha value is -3.54. The van der Waals surface area contributed by atoms with Crippen molar-refractivity contribution in [1.29, 1.82) is 5.26 Å². The monoisotopic (exact) mass is 377 g/mol. The van der Waals surface area contributed by atoms with Gasteiger partial charge in [0.2, 0.25) is 0 Å². The van der Waals surface area contributed by atoms with Crippen LogP contribution in [0.3, 0.4) is 0 Å². The number of halogens is 3. The molecular weight excluding hydrogens is 363 g/mol. The van der Waals surface area contributed by atoms with E-state index in [4.69, 9.17) is 15.7 Å². The normalized spacial score (nSPS) is 12.0. The zero-order valence-electron chi connectivity index (χ0n) is 14.0. The Labute approximate surface area is 152 Å². The molecule has 0 radical (unpaired) electrons. The summed E-state index contributed by atoms with van der Waals surface area (Å²) in [6.07, 6.45) is -5.82. The van der Waals surface area contributed by atoms with Crippen LogP contribution in [-0.4, -0.2) is 18.0 Å². The number of carbonyl (C=O) groups excluding carboxylic acids is 2. The molecule has 0 aliphatic rings. The van der Waals surface area contributed by atoms with Crippen molar-refractivity contribution in [3.8, 4) is 6.07 Å². The lowest BCUT2D eigenvalue weighted by molar-refractivity contribution is -0.137. The second-order valence-corrected chi connectivity index (χ2v) is 5.53. The third-order valence-corrected chi connectivity index (χ3v) is 3.53. The molecule has 0 fully saturated rings. The number of ether oxygens (including phenoxy) is 1. The number of hydrogen-bond acceptors (Lipinski definition) is 5. The van der Waals surface area contributed by atoms with Gasteiger partial charge in [-0.2, -0.15) is 18.4 Å². The molecule has 2 aromatic carbocycles. The van der Waals surface area contributed by atoms with Crippen LogP contribution in [0.25, 0.3) is 0 Å².